The van der Waals surface area contributed by atoms with Crippen molar-refractivity contribution in [2.75, 3.05) is 20.3 Å². The molecular weight excluding hydrogens is 400 g/mol. The van der Waals surface area contributed by atoms with E-state index in [-0.39, 0.29) is 17.8 Å². The lowest BCUT2D eigenvalue weighted by Gasteiger charge is -2.25. The molecule has 5 nitrogen and oxygen atoms in total. The second-order valence-corrected chi connectivity index (χ2v) is 7.54. The molecule has 2 heterocycles. The minimum Gasteiger partial charge on any atom is -0.488 e. The molecule has 2 aromatic rings. The van der Waals surface area contributed by atoms with Gasteiger partial charge < -0.3 is 19.8 Å². The fraction of sp³-hybridized carbons (Fsp3) is 0.292. The highest BCUT2D eigenvalue weighted by atomic mass is 19.1. The Morgan fingerprint density at radius 3 is 2.71 bits per heavy atom. The van der Waals surface area contributed by atoms with E-state index in [1.165, 1.54) is 19.1 Å². The van der Waals surface area contributed by atoms with Gasteiger partial charge in [0.2, 0.25) is 0 Å². The predicted molar refractivity (Wildman–Crippen MR) is 115 cm³/mol. The van der Waals surface area contributed by atoms with Crippen LogP contribution >= 0.6 is 0 Å². The number of imidazole rings is 1. The van der Waals surface area contributed by atoms with Gasteiger partial charge in [0.25, 0.3) is 0 Å². The number of nitrogens with one attached hydrogen (secondary N) is 2. The molecule has 2 aliphatic rings. The first-order valence-electron chi connectivity index (χ1n) is 10.2. The zero-order valence-electron chi connectivity index (χ0n) is 17.4. The zero-order valence-corrected chi connectivity index (χ0v) is 17.4. The quantitative estimate of drug-likeness (QED) is 0.683. The van der Waals surface area contributed by atoms with Crippen LogP contribution in [0.4, 0.5) is 8.78 Å². The summed E-state index contributed by atoms with van der Waals surface area (Å²) in [4.78, 5) is 7.73. The summed E-state index contributed by atoms with van der Waals surface area (Å²) in [7, 11) is 1.65. The van der Waals surface area contributed by atoms with Gasteiger partial charge in [0.05, 0.1) is 6.10 Å². The van der Waals surface area contributed by atoms with Crippen LogP contribution in [0, 0.1) is 5.82 Å². The van der Waals surface area contributed by atoms with Gasteiger partial charge in [-0.1, -0.05) is 12.2 Å². The van der Waals surface area contributed by atoms with E-state index in [1.807, 2.05) is 24.3 Å². The molecule has 4 rings (SSSR count). The highest BCUT2D eigenvalue weighted by Gasteiger charge is 2.25. The van der Waals surface area contributed by atoms with Crippen LogP contribution in [0.5, 0.6) is 0 Å². The second-order valence-electron chi connectivity index (χ2n) is 7.54. The Hall–Kier alpha value is -3.19. The van der Waals surface area contributed by atoms with Crippen molar-refractivity contribution in [1.29, 1.82) is 0 Å². The fourth-order valence-electron chi connectivity index (χ4n) is 3.55. The number of aromatic amines is 1. The lowest BCUT2D eigenvalue weighted by molar-refractivity contribution is 0.119. The van der Waals surface area contributed by atoms with Crippen molar-refractivity contribution in [3.8, 4) is 11.4 Å². The second kappa shape index (κ2) is 9.31. The SMILES string of the molecule is COC1C=C(OCC2=CC=C(C(C)F)CN2)C=CC1c1cnc(-c2ccc(F)cc2)[nH]1. The minimum atomic E-state index is -0.958. The molecule has 0 amide bonds. The number of alkyl halides is 1. The first-order valence-corrected chi connectivity index (χ1v) is 10.2. The van der Waals surface area contributed by atoms with Crippen molar-refractivity contribution in [3.63, 3.8) is 0 Å². The number of rotatable bonds is 7. The highest BCUT2D eigenvalue weighted by Crippen LogP contribution is 2.30. The molecule has 1 aromatic carbocycles. The van der Waals surface area contributed by atoms with E-state index in [4.69, 9.17) is 9.47 Å². The standard InChI is InChI=1S/C24H25F2N3O2/c1-15(25)17-5-8-19(27-12-17)14-31-20-9-10-21(23(11-20)30-2)22-13-28-24(29-22)16-3-6-18(26)7-4-16/h3-11,13,15,21,23,27H,12,14H2,1-2H3,(H,28,29). The van der Waals surface area contributed by atoms with Crippen molar-refractivity contribution in [3.05, 3.63) is 89.4 Å². The van der Waals surface area contributed by atoms with Crippen LogP contribution < -0.4 is 5.32 Å². The van der Waals surface area contributed by atoms with Gasteiger partial charge in [-0.05, 0) is 55.0 Å². The van der Waals surface area contributed by atoms with Crippen molar-refractivity contribution in [2.45, 2.75) is 25.1 Å². The van der Waals surface area contributed by atoms with Crippen LogP contribution in [0.1, 0.15) is 18.5 Å². The number of halogens is 2. The molecular formula is C24H25F2N3O2. The van der Waals surface area contributed by atoms with Gasteiger partial charge in [0.1, 0.15) is 30.2 Å². The lowest BCUT2D eigenvalue weighted by Crippen LogP contribution is -2.26. The van der Waals surface area contributed by atoms with E-state index in [0.29, 0.717) is 24.7 Å². The smallest absolute Gasteiger partial charge is 0.137 e. The number of aromatic nitrogens is 2. The number of dihydropyridines is 1. The van der Waals surface area contributed by atoms with Crippen molar-refractivity contribution in [1.82, 2.24) is 15.3 Å². The summed E-state index contributed by atoms with van der Waals surface area (Å²) in [6.07, 6.45) is 10.1. The number of benzene rings is 1. The van der Waals surface area contributed by atoms with Crippen molar-refractivity contribution >= 4 is 0 Å². The normalized spacial score (nSPS) is 21.6. The number of allylic oxidation sites excluding steroid dienone is 3. The number of hydrogen-bond donors (Lipinski definition) is 2. The van der Waals surface area contributed by atoms with Crippen LogP contribution in [0.15, 0.2) is 77.9 Å². The molecule has 162 valence electrons. The topological polar surface area (TPSA) is 59.2 Å². The molecule has 2 N–H and O–H groups in total. The van der Waals surface area contributed by atoms with Crippen LogP contribution in [-0.4, -0.2) is 42.5 Å². The largest absolute Gasteiger partial charge is 0.488 e. The van der Waals surface area contributed by atoms with Gasteiger partial charge >= 0.3 is 0 Å². The minimum absolute atomic E-state index is 0.0531. The number of hydrogen-bond acceptors (Lipinski definition) is 4. The summed E-state index contributed by atoms with van der Waals surface area (Å²) in [5, 5.41) is 3.18. The Morgan fingerprint density at radius 1 is 1.23 bits per heavy atom. The first kappa shape index (κ1) is 21.1. The average molecular weight is 425 g/mol. The van der Waals surface area contributed by atoms with Crippen molar-refractivity contribution < 1.29 is 18.3 Å². The number of ether oxygens (including phenoxy) is 2. The van der Waals surface area contributed by atoms with Crippen LogP contribution in [0.2, 0.25) is 0 Å². The van der Waals surface area contributed by atoms with E-state index in [2.05, 4.69) is 15.3 Å². The van der Waals surface area contributed by atoms with Gasteiger partial charge in [0, 0.05) is 42.7 Å². The Morgan fingerprint density at radius 2 is 2.03 bits per heavy atom. The number of methoxy groups -OCH3 is 1. The Bertz CT molecular complexity index is 1040. The Kier molecular flexibility index (Phi) is 6.32. The lowest BCUT2D eigenvalue weighted by atomic mass is 9.94. The number of nitrogens with zero attached hydrogens (tertiary/aromatic N) is 1. The highest BCUT2D eigenvalue weighted by molar-refractivity contribution is 5.55. The van der Waals surface area contributed by atoms with Crippen LogP contribution in [0.25, 0.3) is 11.4 Å². The summed E-state index contributed by atoms with van der Waals surface area (Å²) in [6, 6.07) is 6.20. The van der Waals surface area contributed by atoms with E-state index in [9.17, 15) is 8.78 Å². The predicted octanol–water partition coefficient (Wildman–Crippen LogP) is 4.56. The third-order valence-corrected chi connectivity index (χ3v) is 5.42. The average Bonchev–Trinajstić information content (AvgIpc) is 3.28. The number of H-pyrrole nitrogens is 1. The molecule has 3 atom stereocenters. The maximum atomic E-state index is 13.3. The van der Waals surface area contributed by atoms with Gasteiger partial charge in [-0.25, -0.2) is 13.8 Å². The molecule has 0 radical (unpaired) electrons. The monoisotopic (exact) mass is 425 g/mol. The molecule has 0 bridgehead atoms. The Balaban J connectivity index is 1.41. The molecule has 0 saturated heterocycles. The fourth-order valence-corrected chi connectivity index (χ4v) is 3.55. The van der Waals surface area contributed by atoms with E-state index in [0.717, 1.165) is 22.5 Å². The molecule has 0 spiro atoms. The summed E-state index contributed by atoms with van der Waals surface area (Å²) < 4.78 is 38.1. The molecule has 0 fully saturated rings. The molecule has 0 saturated carbocycles. The van der Waals surface area contributed by atoms with Gasteiger partial charge in [-0.3, -0.25) is 0 Å². The molecule has 1 aromatic heterocycles. The Labute approximate surface area is 180 Å². The van der Waals surface area contributed by atoms with E-state index >= 15 is 0 Å². The first-order chi connectivity index (χ1) is 15.0. The maximum Gasteiger partial charge on any atom is 0.137 e. The molecule has 1 aliphatic heterocycles. The van der Waals surface area contributed by atoms with Crippen molar-refractivity contribution in [2.24, 2.45) is 0 Å². The van der Waals surface area contributed by atoms with E-state index < -0.39 is 6.17 Å². The van der Waals surface area contributed by atoms with Crippen LogP contribution in [-0.2, 0) is 9.47 Å². The molecule has 1 aliphatic carbocycles. The van der Waals surface area contributed by atoms with E-state index in [1.54, 1.807) is 31.5 Å². The third-order valence-electron chi connectivity index (χ3n) is 5.42. The maximum absolute atomic E-state index is 13.3. The van der Waals surface area contributed by atoms with Gasteiger partial charge in [-0.2, -0.15) is 0 Å². The summed E-state index contributed by atoms with van der Waals surface area (Å²) in [5.74, 6) is 1.05. The zero-order chi connectivity index (χ0) is 21.8. The third kappa shape index (κ3) is 4.94. The molecule has 31 heavy (non-hydrogen) atoms. The molecule has 7 heteroatoms. The summed E-state index contributed by atoms with van der Waals surface area (Å²) >= 11 is 0. The van der Waals surface area contributed by atoms with Gasteiger partial charge in [-0.15, -0.1) is 0 Å². The van der Waals surface area contributed by atoms with Gasteiger partial charge in [0.15, 0.2) is 0 Å². The van der Waals surface area contributed by atoms with Crippen LogP contribution in [0.3, 0.4) is 0 Å². The summed E-state index contributed by atoms with van der Waals surface area (Å²) in [5.41, 5.74) is 3.33. The molecule has 3 unspecified atom stereocenters. The summed E-state index contributed by atoms with van der Waals surface area (Å²) in [6.45, 7) is 2.38.